The van der Waals surface area contributed by atoms with Crippen LogP contribution in [0.3, 0.4) is 0 Å². The summed E-state index contributed by atoms with van der Waals surface area (Å²) >= 11 is 0. The highest BCUT2D eigenvalue weighted by atomic mass is 28.4. The van der Waals surface area contributed by atoms with Crippen molar-refractivity contribution in [2.24, 2.45) is 5.73 Å². The molecule has 1 amide bonds. The number of primary amides is 1. The lowest BCUT2D eigenvalue weighted by Crippen LogP contribution is -2.48. The molecule has 0 aromatic carbocycles. The zero-order valence-corrected chi connectivity index (χ0v) is 10.2. The van der Waals surface area contributed by atoms with Gasteiger partial charge in [0.1, 0.15) is 0 Å². The fraction of sp³-hybridized carbons (Fsp3) is 0.875. The Kier molecular flexibility index (Phi) is 5.94. The van der Waals surface area contributed by atoms with Gasteiger partial charge >= 0.3 is 8.80 Å². The Morgan fingerprint density at radius 3 is 1.93 bits per heavy atom. The summed E-state index contributed by atoms with van der Waals surface area (Å²) in [4.78, 5) is 10.8. The molecule has 0 saturated carbocycles. The average molecular weight is 221 g/mol. The predicted octanol–water partition coefficient (Wildman–Crippen LogP) is 0.520. The smallest absolute Gasteiger partial charge is 0.377 e. The van der Waals surface area contributed by atoms with Crippen molar-refractivity contribution in [1.82, 2.24) is 0 Å². The van der Waals surface area contributed by atoms with Crippen LogP contribution in [0.25, 0.3) is 0 Å². The summed E-state index contributed by atoms with van der Waals surface area (Å²) in [5.74, 6) is -0.361. The molecule has 0 spiro atoms. The molecule has 0 fully saturated rings. The minimum absolute atomic E-state index is 0.0694. The summed E-state index contributed by atoms with van der Waals surface area (Å²) in [6, 6.07) is 0. The number of rotatable bonds is 7. The van der Waals surface area contributed by atoms with Crippen molar-refractivity contribution in [2.45, 2.75) is 25.3 Å². The van der Waals surface area contributed by atoms with E-state index in [9.17, 15) is 4.79 Å². The first kappa shape index (κ1) is 13.6. The summed E-state index contributed by atoms with van der Waals surface area (Å²) in [5, 5.41) is 0. The Morgan fingerprint density at radius 2 is 1.71 bits per heavy atom. The molecule has 0 heterocycles. The molecule has 0 bridgehead atoms. The van der Waals surface area contributed by atoms with Crippen molar-refractivity contribution in [1.29, 1.82) is 0 Å². The number of hydrogen-bond acceptors (Lipinski definition) is 4. The molecule has 84 valence electrons. The SMILES string of the molecule is CCC(CC(N)=O)[Si](OC)(OC)OC. The summed E-state index contributed by atoms with van der Waals surface area (Å²) in [5.41, 5.74) is 5.08. The lowest BCUT2D eigenvalue weighted by Gasteiger charge is -2.31. The fourth-order valence-corrected chi connectivity index (χ4v) is 3.96. The molecule has 0 radical (unpaired) electrons. The van der Waals surface area contributed by atoms with Gasteiger partial charge in [0.15, 0.2) is 0 Å². The molecule has 0 rings (SSSR count). The maximum atomic E-state index is 10.8. The van der Waals surface area contributed by atoms with Gasteiger partial charge in [0.05, 0.1) is 0 Å². The van der Waals surface area contributed by atoms with Crippen molar-refractivity contribution in [3.05, 3.63) is 0 Å². The largest absolute Gasteiger partial charge is 0.503 e. The molecule has 5 nitrogen and oxygen atoms in total. The van der Waals surface area contributed by atoms with E-state index in [-0.39, 0.29) is 17.9 Å². The van der Waals surface area contributed by atoms with Gasteiger partial charge in [0.2, 0.25) is 5.91 Å². The summed E-state index contributed by atoms with van der Waals surface area (Å²) in [6.45, 7) is 1.95. The van der Waals surface area contributed by atoms with Crippen molar-refractivity contribution in [2.75, 3.05) is 21.3 Å². The molecule has 0 saturated heterocycles. The van der Waals surface area contributed by atoms with Crippen LogP contribution in [-0.4, -0.2) is 36.0 Å². The van der Waals surface area contributed by atoms with Crippen LogP contribution in [-0.2, 0) is 18.1 Å². The molecule has 14 heavy (non-hydrogen) atoms. The van der Waals surface area contributed by atoms with Gasteiger partial charge in [-0.15, -0.1) is 0 Å². The van der Waals surface area contributed by atoms with Crippen molar-refractivity contribution < 1.29 is 18.1 Å². The van der Waals surface area contributed by atoms with E-state index < -0.39 is 8.80 Å². The molecule has 1 unspecified atom stereocenters. The molecule has 1 atom stereocenters. The van der Waals surface area contributed by atoms with Gasteiger partial charge in [-0.25, -0.2) is 0 Å². The first-order valence-electron chi connectivity index (χ1n) is 4.50. The van der Waals surface area contributed by atoms with Gasteiger partial charge in [0, 0.05) is 33.3 Å². The third-order valence-electron chi connectivity index (χ3n) is 2.29. The first-order valence-corrected chi connectivity index (χ1v) is 6.30. The van der Waals surface area contributed by atoms with Crippen LogP contribution in [0, 0.1) is 0 Å². The second-order valence-corrected chi connectivity index (χ2v) is 6.24. The maximum absolute atomic E-state index is 10.8. The molecular weight excluding hydrogens is 202 g/mol. The minimum atomic E-state index is -2.71. The van der Waals surface area contributed by atoms with Gasteiger partial charge in [0.25, 0.3) is 0 Å². The molecule has 0 aliphatic carbocycles. The highest BCUT2D eigenvalue weighted by Crippen LogP contribution is 2.30. The zero-order valence-electron chi connectivity index (χ0n) is 9.20. The number of amides is 1. The monoisotopic (exact) mass is 221 g/mol. The van der Waals surface area contributed by atoms with E-state index in [1.54, 1.807) is 0 Å². The standard InChI is InChI=1S/C8H19NO4Si/c1-5-7(6-8(9)10)14(11-2,12-3)13-4/h7H,5-6H2,1-4H3,(H2,9,10). The quantitative estimate of drug-likeness (QED) is 0.636. The molecule has 0 aromatic rings. The number of nitrogens with two attached hydrogens (primary N) is 1. The number of hydrogen-bond donors (Lipinski definition) is 1. The van der Waals surface area contributed by atoms with Crippen molar-refractivity contribution in [3.63, 3.8) is 0 Å². The lowest BCUT2D eigenvalue weighted by molar-refractivity contribution is -0.118. The van der Waals surface area contributed by atoms with Crippen LogP contribution in [0.5, 0.6) is 0 Å². The summed E-state index contributed by atoms with van der Waals surface area (Å²) in [6.07, 6.45) is 0.975. The topological polar surface area (TPSA) is 70.8 Å². The lowest BCUT2D eigenvalue weighted by atomic mass is 10.2. The first-order chi connectivity index (χ1) is 6.56. The summed E-state index contributed by atoms with van der Waals surface area (Å²) in [7, 11) is 1.88. The minimum Gasteiger partial charge on any atom is -0.377 e. The van der Waals surface area contributed by atoms with Gasteiger partial charge in [-0.05, 0) is 6.42 Å². The van der Waals surface area contributed by atoms with Crippen LogP contribution in [0.1, 0.15) is 19.8 Å². The van der Waals surface area contributed by atoms with Crippen molar-refractivity contribution >= 4 is 14.7 Å². The molecule has 2 N–H and O–H groups in total. The third kappa shape index (κ3) is 3.05. The Bertz CT molecular complexity index is 176. The van der Waals surface area contributed by atoms with E-state index in [1.165, 1.54) is 21.3 Å². The van der Waals surface area contributed by atoms with Crippen LogP contribution < -0.4 is 5.73 Å². The predicted molar refractivity (Wildman–Crippen MR) is 54.6 cm³/mol. The van der Waals surface area contributed by atoms with Crippen molar-refractivity contribution in [3.8, 4) is 0 Å². The molecule has 0 aliphatic rings. The van der Waals surface area contributed by atoms with E-state index in [1.807, 2.05) is 6.92 Å². The number of carbonyl (C=O) groups excluding carboxylic acids is 1. The van der Waals surface area contributed by atoms with E-state index in [4.69, 9.17) is 19.0 Å². The normalized spacial score (nSPS) is 14.0. The Labute approximate surface area is 85.9 Å². The molecular formula is C8H19NO4Si. The molecule has 6 heteroatoms. The second kappa shape index (κ2) is 6.13. The third-order valence-corrected chi connectivity index (χ3v) is 5.61. The van der Waals surface area contributed by atoms with Gasteiger partial charge in [-0.2, -0.15) is 0 Å². The Balaban J connectivity index is 4.64. The zero-order chi connectivity index (χ0) is 11.2. The van der Waals surface area contributed by atoms with E-state index >= 15 is 0 Å². The van der Waals surface area contributed by atoms with E-state index in [2.05, 4.69) is 0 Å². The van der Waals surface area contributed by atoms with Gasteiger partial charge < -0.3 is 19.0 Å². The highest BCUT2D eigenvalue weighted by molar-refractivity contribution is 6.62. The molecule has 0 aliphatic heterocycles. The van der Waals surface area contributed by atoms with E-state index in [0.29, 0.717) is 0 Å². The Hall–Kier alpha value is -0.433. The van der Waals surface area contributed by atoms with Crippen LogP contribution in [0.15, 0.2) is 0 Å². The van der Waals surface area contributed by atoms with E-state index in [0.717, 1.165) is 6.42 Å². The fourth-order valence-electron chi connectivity index (χ4n) is 1.51. The van der Waals surface area contributed by atoms with Gasteiger partial charge in [-0.1, -0.05) is 6.92 Å². The van der Waals surface area contributed by atoms with Crippen LogP contribution in [0.2, 0.25) is 5.54 Å². The number of carbonyl (C=O) groups is 1. The second-order valence-electron chi connectivity index (χ2n) is 2.99. The summed E-state index contributed by atoms with van der Waals surface area (Å²) < 4.78 is 15.8. The van der Waals surface area contributed by atoms with Gasteiger partial charge in [-0.3, -0.25) is 4.79 Å². The van der Waals surface area contributed by atoms with Crippen LogP contribution >= 0.6 is 0 Å². The molecule has 0 aromatic heterocycles. The maximum Gasteiger partial charge on any atom is 0.503 e. The average Bonchev–Trinajstić information content (AvgIpc) is 2.19. The highest BCUT2D eigenvalue weighted by Gasteiger charge is 2.46. The van der Waals surface area contributed by atoms with Crippen LogP contribution in [0.4, 0.5) is 0 Å². The Morgan fingerprint density at radius 1 is 1.29 bits per heavy atom.